The largest absolute Gasteiger partial charge is 0.481 e. The molecule has 8 heteroatoms. The lowest BCUT2D eigenvalue weighted by molar-refractivity contribution is -0.122. The third kappa shape index (κ3) is 5.33. The predicted octanol–water partition coefficient (Wildman–Crippen LogP) is 4.22. The number of hydrogen-bond acceptors (Lipinski definition) is 4. The number of nitrogens with one attached hydrogen (secondary N) is 1. The Morgan fingerprint density at radius 3 is 2.44 bits per heavy atom. The minimum absolute atomic E-state index is 0.0567. The van der Waals surface area contributed by atoms with Gasteiger partial charge in [0.1, 0.15) is 11.5 Å². The van der Waals surface area contributed by atoms with E-state index in [0.717, 1.165) is 0 Å². The number of benzene rings is 2. The van der Waals surface area contributed by atoms with Crippen molar-refractivity contribution in [2.75, 3.05) is 5.32 Å². The van der Waals surface area contributed by atoms with Crippen LogP contribution in [-0.2, 0) is 4.79 Å². The molecular weight excluding hydrogens is 354 g/mol. The number of amides is 1. The van der Waals surface area contributed by atoms with Crippen molar-refractivity contribution in [2.45, 2.75) is 19.6 Å². The molecule has 0 aliphatic rings. The van der Waals surface area contributed by atoms with Gasteiger partial charge in [0.2, 0.25) is 0 Å². The molecule has 0 spiro atoms. The number of carbonyl (C=O) groups excluding carboxylic acids is 1. The molecule has 0 fully saturated rings. The molecule has 2 aromatic carbocycles. The number of nitrogens with zero attached hydrogens (tertiary/aromatic N) is 1. The molecule has 2 rings (SSSR count). The van der Waals surface area contributed by atoms with Gasteiger partial charge in [0.05, 0.1) is 16.7 Å². The maximum atomic E-state index is 12.2. The van der Waals surface area contributed by atoms with E-state index in [1.165, 1.54) is 18.2 Å². The van der Waals surface area contributed by atoms with Crippen LogP contribution in [0.1, 0.15) is 12.5 Å². The Labute approximate surface area is 147 Å². The van der Waals surface area contributed by atoms with Crippen molar-refractivity contribution in [1.29, 1.82) is 5.26 Å². The van der Waals surface area contributed by atoms with Gasteiger partial charge in [-0.2, -0.15) is 14.0 Å². The van der Waals surface area contributed by atoms with Crippen molar-refractivity contribution in [2.24, 2.45) is 0 Å². The summed E-state index contributed by atoms with van der Waals surface area (Å²) < 4.78 is 34.1. The van der Waals surface area contributed by atoms with Crippen LogP contribution < -0.4 is 14.8 Å². The summed E-state index contributed by atoms with van der Waals surface area (Å²) in [5, 5.41) is 11.2. The average Bonchev–Trinajstić information content (AvgIpc) is 2.57. The summed E-state index contributed by atoms with van der Waals surface area (Å²) in [6.07, 6.45) is -0.830. The summed E-state index contributed by atoms with van der Waals surface area (Å²) >= 11 is 5.83. The molecule has 0 aliphatic carbocycles. The second-order valence-corrected chi connectivity index (χ2v) is 5.32. The quantitative estimate of drug-likeness (QED) is 0.830. The maximum absolute atomic E-state index is 12.2. The van der Waals surface area contributed by atoms with Gasteiger partial charge in [-0.1, -0.05) is 11.6 Å². The van der Waals surface area contributed by atoms with E-state index in [1.54, 1.807) is 31.2 Å². The molecule has 0 aliphatic heterocycles. The van der Waals surface area contributed by atoms with Crippen LogP contribution >= 0.6 is 11.6 Å². The zero-order chi connectivity index (χ0) is 18.4. The number of hydrogen-bond donors (Lipinski definition) is 1. The van der Waals surface area contributed by atoms with Gasteiger partial charge in [0.25, 0.3) is 5.91 Å². The Kier molecular flexibility index (Phi) is 6.14. The fraction of sp³-hybridized carbons (Fsp3) is 0.176. The molecule has 130 valence electrons. The number of nitriles is 1. The highest BCUT2D eigenvalue weighted by Crippen LogP contribution is 2.29. The van der Waals surface area contributed by atoms with E-state index in [0.29, 0.717) is 17.0 Å². The van der Waals surface area contributed by atoms with Crippen molar-refractivity contribution in [3.05, 3.63) is 53.1 Å². The zero-order valence-corrected chi connectivity index (χ0v) is 13.8. The summed E-state index contributed by atoms with van der Waals surface area (Å²) in [7, 11) is 0. The smallest absolute Gasteiger partial charge is 0.387 e. The second kappa shape index (κ2) is 8.31. The molecule has 0 radical (unpaired) electrons. The van der Waals surface area contributed by atoms with Crippen molar-refractivity contribution in [3.63, 3.8) is 0 Å². The molecule has 2 aromatic rings. The molecule has 1 unspecified atom stereocenters. The van der Waals surface area contributed by atoms with Crippen LogP contribution in [0, 0.1) is 11.3 Å². The van der Waals surface area contributed by atoms with E-state index in [2.05, 4.69) is 10.1 Å². The first kappa shape index (κ1) is 18.5. The van der Waals surface area contributed by atoms with Crippen LogP contribution in [0.5, 0.6) is 11.5 Å². The number of halogens is 3. The van der Waals surface area contributed by atoms with Crippen LogP contribution in [0.15, 0.2) is 42.5 Å². The zero-order valence-electron chi connectivity index (χ0n) is 13.0. The standard InChI is InChI=1S/C17H13ClF2N2O3/c1-10(24-13-5-2-11(9-21)3-6-13)16(23)22-12-4-7-15(14(18)8-12)25-17(19)20/h2-8,10,17H,1H3,(H,22,23). The molecule has 0 bridgehead atoms. The van der Waals surface area contributed by atoms with Gasteiger partial charge < -0.3 is 14.8 Å². The fourth-order valence-corrected chi connectivity index (χ4v) is 2.10. The molecule has 0 heterocycles. The van der Waals surface area contributed by atoms with Gasteiger partial charge in [-0.05, 0) is 49.4 Å². The monoisotopic (exact) mass is 366 g/mol. The minimum atomic E-state index is -2.99. The van der Waals surface area contributed by atoms with Gasteiger partial charge in [-0.15, -0.1) is 0 Å². The normalized spacial score (nSPS) is 11.5. The Hall–Kier alpha value is -2.85. The molecule has 1 N–H and O–H groups in total. The van der Waals surface area contributed by atoms with E-state index in [4.69, 9.17) is 21.6 Å². The third-order valence-corrected chi connectivity index (χ3v) is 3.38. The van der Waals surface area contributed by atoms with E-state index in [-0.39, 0.29) is 10.8 Å². The molecule has 25 heavy (non-hydrogen) atoms. The Balaban J connectivity index is 1.98. The van der Waals surface area contributed by atoms with Crippen LogP contribution in [0.4, 0.5) is 14.5 Å². The molecule has 0 aromatic heterocycles. The number of carbonyl (C=O) groups is 1. The van der Waals surface area contributed by atoms with E-state index < -0.39 is 18.6 Å². The Morgan fingerprint density at radius 1 is 1.20 bits per heavy atom. The van der Waals surface area contributed by atoms with Crippen molar-refractivity contribution in [1.82, 2.24) is 0 Å². The summed E-state index contributed by atoms with van der Waals surface area (Å²) in [5.41, 5.74) is 0.789. The lowest BCUT2D eigenvalue weighted by Gasteiger charge is -2.15. The van der Waals surface area contributed by atoms with Gasteiger partial charge >= 0.3 is 6.61 Å². The van der Waals surface area contributed by atoms with E-state index in [1.807, 2.05) is 6.07 Å². The van der Waals surface area contributed by atoms with Crippen LogP contribution in [0.25, 0.3) is 0 Å². The summed E-state index contributed by atoms with van der Waals surface area (Å²) in [6.45, 7) is -1.44. The lowest BCUT2D eigenvalue weighted by Crippen LogP contribution is -2.30. The first-order chi connectivity index (χ1) is 11.9. The molecular formula is C17H13ClF2N2O3. The molecule has 0 saturated heterocycles. The van der Waals surface area contributed by atoms with Crippen molar-refractivity contribution in [3.8, 4) is 17.6 Å². The molecule has 5 nitrogen and oxygen atoms in total. The molecule has 1 atom stereocenters. The topological polar surface area (TPSA) is 71.3 Å². The highest BCUT2D eigenvalue weighted by atomic mass is 35.5. The first-order valence-electron chi connectivity index (χ1n) is 7.11. The predicted molar refractivity (Wildman–Crippen MR) is 88.0 cm³/mol. The number of alkyl halides is 2. The number of ether oxygens (including phenoxy) is 2. The number of rotatable bonds is 6. The molecule has 0 saturated carbocycles. The van der Waals surface area contributed by atoms with Gasteiger partial charge in [0, 0.05) is 5.69 Å². The fourth-order valence-electron chi connectivity index (χ4n) is 1.88. The molecule has 1 amide bonds. The third-order valence-electron chi connectivity index (χ3n) is 3.08. The highest BCUT2D eigenvalue weighted by Gasteiger charge is 2.16. The SMILES string of the molecule is CC(Oc1ccc(C#N)cc1)C(=O)Nc1ccc(OC(F)F)c(Cl)c1. The van der Waals surface area contributed by atoms with Crippen molar-refractivity contribution < 1.29 is 23.0 Å². The van der Waals surface area contributed by atoms with Gasteiger partial charge in [-0.25, -0.2) is 0 Å². The van der Waals surface area contributed by atoms with Crippen LogP contribution in [0.3, 0.4) is 0 Å². The van der Waals surface area contributed by atoms with Crippen LogP contribution in [-0.4, -0.2) is 18.6 Å². The van der Waals surface area contributed by atoms with E-state index >= 15 is 0 Å². The summed E-state index contributed by atoms with van der Waals surface area (Å²) in [5.74, 6) is -0.208. The first-order valence-corrected chi connectivity index (χ1v) is 7.49. The Bertz CT molecular complexity index is 791. The van der Waals surface area contributed by atoms with Gasteiger partial charge in [0.15, 0.2) is 6.10 Å². The number of anilines is 1. The lowest BCUT2D eigenvalue weighted by atomic mass is 10.2. The van der Waals surface area contributed by atoms with Gasteiger partial charge in [-0.3, -0.25) is 4.79 Å². The van der Waals surface area contributed by atoms with Crippen molar-refractivity contribution >= 4 is 23.2 Å². The van der Waals surface area contributed by atoms with Crippen LogP contribution in [0.2, 0.25) is 5.02 Å². The summed E-state index contributed by atoms with van der Waals surface area (Å²) in [6, 6.07) is 12.2. The average molecular weight is 367 g/mol. The Morgan fingerprint density at radius 2 is 1.88 bits per heavy atom. The highest BCUT2D eigenvalue weighted by molar-refractivity contribution is 6.32. The minimum Gasteiger partial charge on any atom is -0.481 e. The maximum Gasteiger partial charge on any atom is 0.387 e. The summed E-state index contributed by atoms with van der Waals surface area (Å²) in [4.78, 5) is 12.1. The second-order valence-electron chi connectivity index (χ2n) is 4.91. The van der Waals surface area contributed by atoms with E-state index in [9.17, 15) is 13.6 Å².